The minimum absolute atomic E-state index is 0.0381. The second-order valence-corrected chi connectivity index (χ2v) is 7.90. The van der Waals surface area contributed by atoms with Crippen LogP contribution in [0.1, 0.15) is 0 Å². The van der Waals surface area contributed by atoms with Crippen LogP contribution >= 0.6 is 23.2 Å². The van der Waals surface area contributed by atoms with Gasteiger partial charge in [-0.3, -0.25) is 9.78 Å². The van der Waals surface area contributed by atoms with Crippen molar-refractivity contribution in [1.82, 2.24) is 29.5 Å². The molecule has 12 heteroatoms. The molecule has 2 aromatic carbocycles. The maximum Gasteiger partial charge on any atom is 0.335 e. The summed E-state index contributed by atoms with van der Waals surface area (Å²) in [5.74, 6) is -0.0381. The Kier molecular flexibility index (Phi) is 5.66. The number of aromatic nitrogens is 6. The Morgan fingerprint density at radius 2 is 1.50 bits per heavy atom. The molecule has 0 saturated heterocycles. The molecular weight excluding hydrogens is 479 g/mol. The third-order valence-corrected chi connectivity index (χ3v) is 5.29. The van der Waals surface area contributed by atoms with E-state index < -0.39 is 11.6 Å². The molecule has 0 saturated carbocycles. The maximum absolute atomic E-state index is 13.4. The van der Waals surface area contributed by atoms with Gasteiger partial charge in [0.25, 0.3) is 5.56 Å². The third-order valence-electron chi connectivity index (χ3n) is 4.78. The van der Waals surface area contributed by atoms with E-state index in [9.17, 15) is 9.59 Å². The number of benzene rings is 2. The summed E-state index contributed by atoms with van der Waals surface area (Å²) in [5, 5.41) is 14.8. The first-order valence-corrected chi connectivity index (χ1v) is 10.6. The van der Waals surface area contributed by atoms with Gasteiger partial charge in [0.05, 0.1) is 5.69 Å². The van der Waals surface area contributed by atoms with E-state index in [1.807, 2.05) is 0 Å². The average Bonchev–Trinajstić information content (AvgIpc) is 3.26. The molecule has 5 rings (SSSR count). The minimum Gasteiger partial charge on any atom is -0.325 e. The second kappa shape index (κ2) is 8.93. The molecule has 3 aromatic heterocycles. The van der Waals surface area contributed by atoms with Crippen molar-refractivity contribution in [3.05, 3.63) is 93.5 Å². The summed E-state index contributed by atoms with van der Waals surface area (Å²) in [6.07, 6.45) is 3.04. The zero-order valence-electron chi connectivity index (χ0n) is 17.2. The number of amides is 1. The Morgan fingerprint density at radius 3 is 2.18 bits per heavy atom. The number of carbonyl (C=O) groups excluding carboxylic acids is 1. The predicted molar refractivity (Wildman–Crippen MR) is 129 cm³/mol. The molecule has 168 valence electrons. The molecule has 0 spiro atoms. The van der Waals surface area contributed by atoms with Gasteiger partial charge in [0.15, 0.2) is 11.2 Å². The smallest absolute Gasteiger partial charge is 0.325 e. The molecule has 0 aliphatic rings. The van der Waals surface area contributed by atoms with Gasteiger partial charge in [-0.2, -0.15) is 14.2 Å². The number of carbonyl (C=O) groups is 1. The van der Waals surface area contributed by atoms with Gasteiger partial charge in [-0.25, -0.2) is 4.79 Å². The molecule has 0 unspecified atom stereocenters. The van der Waals surface area contributed by atoms with Gasteiger partial charge in [-0.15, -0.1) is 5.10 Å². The predicted octanol–water partition coefficient (Wildman–Crippen LogP) is 4.50. The quantitative estimate of drug-likeness (QED) is 0.378. The van der Waals surface area contributed by atoms with Gasteiger partial charge in [0.2, 0.25) is 5.95 Å². The van der Waals surface area contributed by atoms with Gasteiger partial charge in [-0.1, -0.05) is 28.4 Å². The summed E-state index contributed by atoms with van der Waals surface area (Å²) in [7, 11) is 0. The van der Waals surface area contributed by atoms with Gasteiger partial charge < -0.3 is 10.6 Å². The lowest BCUT2D eigenvalue weighted by Crippen LogP contribution is -2.33. The zero-order valence-corrected chi connectivity index (χ0v) is 18.7. The van der Waals surface area contributed by atoms with Crippen LogP contribution in [0.4, 0.5) is 22.1 Å². The Bertz CT molecular complexity index is 1550. The summed E-state index contributed by atoms with van der Waals surface area (Å²) in [6, 6.07) is 16.0. The van der Waals surface area contributed by atoms with E-state index in [-0.39, 0.29) is 17.1 Å². The van der Waals surface area contributed by atoms with Crippen molar-refractivity contribution in [2.75, 3.05) is 10.6 Å². The van der Waals surface area contributed by atoms with Gasteiger partial charge >= 0.3 is 6.03 Å². The number of nitrogens with zero attached hydrogens (tertiary/aromatic N) is 6. The SMILES string of the molecule is O=C(Nc1ccncc1)n1c(Nc2ccc(Cl)cc2)nc2c(nnn2-c2ccc(Cl)cc2)c1=O. The van der Waals surface area contributed by atoms with E-state index in [4.69, 9.17) is 23.2 Å². The van der Waals surface area contributed by atoms with Crippen LogP contribution in [0.5, 0.6) is 0 Å². The molecule has 0 atom stereocenters. The molecule has 2 N–H and O–H groups in total. The summed E-state index contributed by atoms with van der Waals surface area (Å²) < 4.78 is 2.25. The molecule has 0 bridgehead atoms. The molecule has 3 heterocycles. The highest BCUT2D eigenvalue weighted by Crippen LogP contribution is 2.21. The van der Waals surface area contributed by atoms with Crippen LogP contribution in [0.25, 0.3) is 16.9 Å². The lowest BCUT2D eigenvalue weighted by atomic mass is 10.3. The first-order chi connectivity index (χ1) is 16.5. The lowest BCUT2D eigenvalue weighted by molar-refractivity contribution is 0.253. The fraction of sp³-hybridized carbons (Fsp3) is 0. The summed E-state index contributed by atoms with van der Waals surface area (Å²) >= 11 is 12.0. The maximum atomic E-state index is 13.4. The van der Waals surface area contributed by atoms with Crippen LogP contribution in [-0.2, 0) is 0 Å². The number of fused-ring (bicyclic) bond motifs is 1. The first kappa shape index (κ1) is 21.6. The summed E-state index contributed by atoms with van der Waals surface area (Å²) in [4.78, 5) is 34.9. The number of hydrogen-bond acceptors (Lipinski definition) is 7. The number of nitrogens with one attached hydrogen (secondary N) is 2. The van der Waals surface area contributed by atoms with Crippen molar-refractivity contribution in [3.63, 3.8) is 0 Å². The van der Waals surface area contributed by atoms with Crippen LogP contribution in [0.3, 0.4) is 0 Å². The van der Waals surface area contributed by atoms with Gasteiger partial charge in [0.1, 0.15) is 0 Å². The fourth-order valence-electron chi connectivity index (χ4n) is 3.17. The Hall–Kier alpha value is -4.28. The molecule has 0 fully saturated rings. The number of anilines is 3. The zero-order chi connectivity index (χ0) is 23.7. The highest BCUT2D eigenvalue weighted by Gasteiger charge is 2.22. The molecule has 1 amide bonds. The van der Waals surface area contributed by atoms with Crippen LogP contribution in [0.15, 0.2) is 77.9 Å². The standard InChI is InChI=1S/C22H14Cl2N8O2/c23-13-1-5-15(6-2-13)26-21-28-19-18(29-30-32(19)17-7-3-14(24)4-8-17)20(33)31(21)22(34)27-16-9-11-25-12-10-16/h1-12H,(H,26,28)(H,25,27,34). The number of halogens is 2. The molecule has 34 heavy (non-hydrogen) atoms. The van der Waals surface area contributed by atoms with Crippen LogP contribution < -0.4 is 16.2 Å². The van der Waals surface area contributed by atoms with Gasteiger partial charge in [-0.05, 0) is 60.7 Å². The summed E-state index contributed by atoms with van der Waals surface area (Å²) in [5.41, 5.74) is 0.989. The van der Waals surface area contributed by atoms with Crippen molar-refractivity contribution < 1.29 is 4.79 Å². The van der Waals surface area contributed by atoms with Crippen molar-refractivity contribution in [3.8, 4) is 5.69 Å². The fourth-order valence-corrected chi connectivity index (χ4v) is 3.43. The Morgan fingerprint density at radius 1 is 0.853 bits per heavy atom. The molecule has 5 aromatic rings. The van der Waals surface area contributed by atoms with Crippen LogP contribution in [0, 0.1) is 0 Å². The number of pyridine rings is 1. The van der Waals surface area contributed by atoms with E-state index >= 15 is 0 Å². The van der Waals surface area contributed by atoms with Crippen LogP contribution in [-0.4, -0.2) is 35.6 Å². The minimum atomic E-state index is -0.733. The lowest BCUT2D eigenvalue weighted by Gasteiger charge is -2.14. The van der Waals surface area contributed by atoms with E-state index in [2.05, 4.69) is 30.9 Å². The first-order valence-electron chi connectivity index (χ1n) is 9.88. The number of hydrogen-bond donors (Lipinski definition) is 2. The molecule has 0 aliphatic heterocycles. The molecule has 0 aliphatic carbocycles. The molecular formula is C22H14Cl2N8O2. The van der Waals surface area contributed by atoms with Gasteiger partial charge in [0, 0.05) is 33.8 Å². The Labute approximate surface area is 201 Å². The van der Waals surface area contributed by atoms with E-state index in [0.717, 1.165) is 4.57 Å². The highest BCUT2D eigenvalue weighted by molar-refractivity contribution is 6.30. The van der Waals surface area contributed by atoms with E-state index in [1.54, 1.807) is 60.7 Å². The van der Waals surface area contributed by atoms with Crippen molar-refractivity contribution in [2.45, 2.75) is 0 Å². The molecule has 10 nitrogen and oxygen atoms in total. The van der Waals surface area contributed by atoms with Crippen LogP contribution in [0.2, 0.25) is 10.0 Å². The Balaban J connectivity index is 1.66. The van der Waals surface area contributed by atoms with Crippen molar-refractivity contribution in [2.24, 2.45) is 0 Å². The monoisotopic (exact) mass is 492 g/mol. The highest BCUT2D eigenvalue weighted by atomic mass is 35.5. The molecule has 0 radical (unpaired) electrons. The largest absolute Gasteiger partial charge is 0.335 e. The van der Waals surface area contributed by atoms with E-state index in [1.165, 1.54) is 17.1 Å². The van der Waals surface area contributed by atoms with E-state index in [0.29, 0.717) is 27.1 Å². The normalized spacial score (nSPS) is 10.9. The number of rotatable bonds is 4. The van der Waals surface area contributed by atoms with Crippen molar-refractivity contribution >= 4 is 57.7 Å². The van der Waals surface area contributed by atoms with Crippen molar-refractivity contribution in [1.29, 1.82) is 0 Å². The average molecular weight is 493 g/mol. The third kappa shape index (κ3) is 4.19. The topological polar surface area (TPSA) is 120 Å². The second-order valence-electron chi connectivity index (χ2n) is 7.02. The summed E-state index contributed by atoms with van der Waals surface area (Å²) in [6.45, 7) is 0.